The number of nitrogens with zero attached hydrogens (tertiary/aromatic N) is 1. The minimum atomic E-state index is -0.770. The number of urea groups is 1. The maximum absolute atomic E-state index is 11.8. The van der Waals surface area contributed by atoms with Crippen molar-refractivity contribution < 1.29 is 9.59 Å². The molecule has 0 fully saturated rings. The zero-order valence-electron chi connectivity index (χ0n) is 14.0. The number of benzene rings is 2. The molecule has 2 aromatic carbocycles. The Morgan fingerprint density at radius 3 is 2.40 bits per heavy atom. The third-order valence-corrected chi connectivity index (χ3v) is 3.99. The number of nitrogens with one attached hydrogen (secondary N) is 2. The largest absolute Gasteiger partial charge is 0.378 e. The summed E-state index contributed by atoms with van der Waals surface area (Å²) < 4.78 is 0. The molecule has 7 nitrogen and oxygen atoms in total. The molecule has 1 aromatic heterocycles. The number of nitrogens with two attached hydrogens (primary N) is 2. The number of H-pyrrole nitrogens is 1. The number of carbonyl (C=O) groups excluding carboxylic acids is 2. The van der Waals surface area contributed by atoms with Crippen molar-refractivity contribution >= 4 is 34.3 Å². The Kier molecular flexibility index (Phi) is 4.06. The van der Waals surface area contributed by atoms with Crippen LogP contribution in [0.4, 0.5) is 16.3 Å². The molecular formula is C18H19N5O2. The summed E-state index contributed by atoms with van der Waals surface area (Å²) in [6.07, 6.45) is 0. The lowest BCUT2D eigenvalue weighted by Gasteiger charge is -2.13. The number of hydrogen-bond donors (Lipinski definition) is 4. The van der Waals surface area contributed by atoms with Crippen LogP contribution < -0.4 is 21.7 Å². The molecule has 25 heavy (non-hydrogen) atoms. The number of anilines is 2. The fourth-order valence-corrected chi connectivity index (χ4v) is 2.81. The number of aromatic amines is 1. The zero-order valence-corrected chi connectivity index (χ0v) is 14.0. The van der Waals surface area contributed by atoms with Crippen LogP contribution in [0.1, 0.15) is 10.4 Å². The van der Waals surface area contributed by atoms with Crippen LogP contribution >= 0.6 is 0 Å². The lowest BCUT2D eigenvalue weighted by Crippen LogP contribution is -2.22. The average Bonchev–Trinajstić information content (AvgIpc) is 2.91. The highest BCUT2D eigenvalue weighted by Crippen LogP contribution is 2.31. The highest BCUT2D eigenvalue weighted by Gasteiger charge is 2.17. The number of rotatable bonds is 4. The minimum absolute atomic E-state index is 0.203. The van der Waals surface area contributed by atoms with Crippen molar-refractivity contribution in [3.8, 4) is 11.1 Å². The molecule has 0 radical (unpaired) electrons. The van der Waals surface area contributed by atoms with Gasteiger partial charge in [-0.1, -0.05) is 24.3 Å². The second-order valence-electron chi connectivity index (χ2n) is 5.93. The molecule has 3 amide bonds. The molecule has 0 atom stereocenters. The first-order valence-corrected chi connectivity index (χ1v) is 7.66. The lowest BCUT2D eigenvalue weighted by molar-refractivity contribution is 0.100. The predicted molar refractivity (Wildman–Crippen MR) is 99.8 cm³/mol. The topological polar surface area (TPSA) is 117 Å². The van der Waals surface area contributed by atoms with Gasteiger partial charge in [-0.25, -0.2) is 4.79 Å². The molecule has 0 aliphatic rings. The van der Waals surface area contributed by atoms with E-state index in [1.54, 1.807) is 6.07 Å². The predicted octanol–water partition coefficient (Wildman–Crippen LogP) is 2.49. The number of aromatic nitrogens is 1. The van der Waals surface area contributed by atoms with Gasteiger partial charge in [0, 0.05) is 30.7 Å². The molecule has 0 saturated carbocycles. The zero-order chi connectivity index (χ0) is 18.1. The first kappa shape index (κ1) is 16.4. The summed E-state index contributed by atoms with van der Waals surface area (Å²) in [5.41, 5.74) is 14.6. The molecule has 7 heteroatoms. The summed E-state index contributed by atoms with van der Waals surface area (Å²) in [4.78, 5) is 27.9. The van der Waals surface area contributed by atoms with E-state index in [9.17, 15) is 9.59 Å². The van der Waals surface area contributed by atoms with Gasteiger partial charge < -0.3 is 21.4 Å². The van der Waals surface area contributed by atoms with Gasteiger partial charge in [0.05, 0.1) is 5.56 Å². The summed E-state index contributed by atoms with van der Waals surface area (Å²) in [5.74, 6) is -0.438. The number of amides is 3. The first-order chi connectivity index (χ1) is 11.9. The number of carbonyl (C=O) groups is 2. The maximum Gasteiger partial charge on any atom is 0.317 e. The van der Waals surface area contributed by atoms with Gasteiger partial charge >= 0.3 is 6.03 Å². The van der Waals surface area contributed by atoms with Crippen molar-refractivity contribution in [3.05, 3.63) is 48.0 Å². The molecule has 3 aromatic rings. The highest BCUT2D eigenvalue weighted by atomic mass is 16.2. The smallest absolute Gasteiger partial charge is 0.317 e. The van der Waals surface area contributed by atoms with E-state index in [2.05, 4.69) is 16.4 Å². The van der Waals surface area contributed by atoms with Gasteiger partial charge in [-0.2, -0.15) is 0 Å². The Hall–Kier alpha value is -3.48. The summed E-state index contributed by atoms with van der Waals surface area (Å²) in [7, 11) is 3.96. The van der Waals surface area contributed by atoms with Crippen molar-refractivity contribution in [3.63, 3.8) is 0 Å². The van der Waals surface area contributed by atoms with Crippen LogP contribution in [-0.2, 0) is 0 Å². The lowest BCUT2D eigenvalue weighted by atomic mass is 10.0. The SMILES string of the molecule is CN(C)c1cccc(-c2ccc3c(C(N)=O)c(NC(N)=O)[nH]c3c2)c1. The van der Waals surface area contributed by atoms with Crippen LogP contribution in [0.5, 0.6) is 0 Å². The molecular weight excluding hydrogens is 318 g/mol. The Morgan fingerprint density at radius 1 is 1.04 bits per heavy atom. The fourth-order valence-electron chi connectivity index (χ4n) is 2.81. The quantitative estimate of drug-likeness (QED) is 0.586. The van der Waals surface area contributed by atoms with Gasteiger partial charge in [0.2, 0.25) is 0 Å². The Balaban J connectivity index is 2.13. The van der Waals surface area contributed by atoms with Crippen molar-refractivity contribution in [2.24, 2.45) is 11.5 Å². The van der Waals surface area contributed by atoms with Gasteiger partial charge in [-0.15, -0.1) is 0 Å². The highest BCUT2D eigenvalue weighted by molar-refractivity contribution is 6.13. The van der Waals surface area contributed by atoms with E-state index >= 15 is 0 Å². The van der Waals surface area contributed by atoms with Gasteiger partial charge in [0.15, 0.2) is 0 Å². The third-order valence-electron chi connectivity index (χ3n) is 3.99. The van der Waals surface area contributed by atoms with Crippen molar-refractivity contribution in [1.29, 1.82) is 0 Å². The third kappa shape index (κ3) is 3.12. The van der Waals surface area contributed by atoms with E-state index in [4.69, 9.17) is 11.5 Å². The van der Waals surface area contributed by atoms with Crippen LogP contribution in [0.2, 0.25) is 0 Å². The van der Waals surface area contributed by atoms with Crippen LogP contribution in [-0.4, -0.2) is 31.0 Å². The summed E-state index contributed by atoms with van der Waals surface area (Å²) in [6, 6.07) is 12.9. The van der Waals surface area contributed by atoms with Crippen LogP contribution in [0.3, 0.4) is 0 Å². The van der Waals surface area contributed by atoms with Gasteiger partial charge in [-0.05, 0) is 29.3 Å². The summed E-state index contributed by atoms with van der Waals surface area (Å²) >= 11 is 0. The van der Waals surface area contributed by atoms with Crippen molar-refractivity contribution in [2.75, 3.05) is 24.3 Å². The number of hydrogen-bond acceptors (Lipinski definition) is 3. The molecule has 6 N–H and O–H groups in total. The fraction of sp³-hybridized carbons (Fsp3) is 0.111. The summed E-state index contributed by atoms with van der Waals surface area (Å²) in [5, 5.41) is 3.03. The van der Waals surface area contributed by atoms with Crippen molar-refractivity contribution in [1.82, 2.24) is 4.98 Å². The second kappa shape index (κ2) is 6.20. The van der Waals surface area contributed by atoms with Crippen LogP contribution in [0, 0.1) is 0 Å². The Morgan fingerprint density at radius 2 is 1.76 bits per heavy atom. The minimum Gasteiger partial charge on any atom is -0.378 e. The van der Waals surface area contributed by atoms with E-state index < -0.39 is 11.9 Å². The van der Waals surface area contributed by atoms with Gasteiger partial charge in [0.1, 0.15) is 5.82 Å². The first-order valence-electron chi connectivity index (χ1n) is 7.66. The van der Waals surface area contributed by atoms with E-state index in [0.717, 1.165) is 16.8 Å². The number of fused-ring (bicyclic) bond motifs is 1. The average molecular weight is 337 g/mol. The second-order valence-corrected chi connectivity index (χ2v) is 5.93. The molecule has 128 valence electrons. The van der Waals surface area contributed by atoms with Gasteiger partial charge in [-0.3, -0.25) is 10.1 Å². The molecule has 3 rings (SSSR count). The normalized spacial score (nSPS) is 10.6. The van der Waals surface area contributed by atoms with Crippen molar-refractivity contribution in [2.45, 2.75) is 0 Å². The standard InChI is InChI=1S/C18H19N5O2/c1-23(2)12-5-3-4-10(8-12)11-6-7-13-14(9-11)21-17(22-18(20)25)15(13)16(19)24/h3-9,21H,1-2H3,(H2,19,24)(H3,20,22,25). The maximum atomic E-state index is 11.8. The summed E-state index contributed by atoms with van der Waals surface area (Å²) in [6.45, 7) is 0. The van der Waals surface area contributed by atoms with Crippen LogP contribution in [0.15, 0.2) is 42.5 Å². The molecule has 0 unspecified atom stereocenters. The molecule has 0 aliphatic carbocycles. The molecule has 0 bridgehead atoms. The monoisotopic (exact) mass is 337 g/mol. The molecule has 0 aliphatic heterocycles. The molecule has 0 saturated heterocycles. The van der Waals surface area contributed by atoms with Gasteiger partial charge in [0.25, 0.3) is 5.91 Å². The Bertz CT molecular complexity index is 975. The van der Waals surface area contributed by atoms with E-state index in [0.29, 0.717) is 10.9 Å². The van der Waals surface area contributed by atoms with E-state index in [1.165, 1.54) is 0 Å². The van der Waals surface area contributed by atoms with E-state index in [-0.39, 0.29) is 11.4 Å². The van der Waals surface area contributed by atoms with Crippen LogP contribution in [0.25, 0.3) is 22.0 Å². The molecule has 0 spiro atoms. The number of primary amides is 2. The Labute approximate surface area is 144 Å². The van der Waals surface area contributed by atoms with E-state index in [1.807, 2.05) is 49.3 Å². The molecule has 1 heterocycles.